The third-order valence-corrected chi connectivity index (χ3v) is 7.23. The van der Waals surface area contributed by atoms with Crippen molar-refractivity contribution in [3.63, 3.8) is 0 Å². The molecule has 0 saturated carbocycles. The Morgan fingerprint density at radius 1 is 0.674 bits per heavy atom. The van der Waals surface area contributed by atoms with E-state index in [0.717, 1.165) is 24.3 Å². The zero-order valence-electron chi connectivity index (χ0n) is 22.1. The molecule has 0 radical (unpaired) electrons. The number of phenolic OH excluding ortho intramolecular Hbond substituents is 2. The van der Waals surface area contributed by atoms with Crippen LogP contribution in [0.1, 0.15) is 0 Å². The van der Waals surface area contributed by atoms with Crippen LogP contribution in [-0.4, -0.2) is 126 Å². The van der Waals surface area contributed by atoms with Crippen molar-refractivity contribution in [3.05, 3.63) is 46.6 Å². The molecule has 16 heteroatoms. The molecule has 2 fully saturated rings. The molecule has 1 aromatic carbocycles. The molecule has 0 unspecified atom stereocenters. The van der Waals surface area contributed by atoms with Gasteiger partial charge in [0, 0.05) is 17.7 Å². The molecule has 4 aliphatic rings. The molecule has 3 heterocycles. The van der Waals surface area contributed by atoms with E-state index in [1.807, 2.05) is 0 Å². The number of ether oxygens (including phenoxy) is 4. The van der Waals surface area contributed by atoms with Crippen molar-refractivity contribution in [1.29, 1.82) is 0 Å². The van der Waals surface area contributed by atoms with Crippen LogP contribution in [0.25, 0.3) is 22.6 Å². The first-order valence-electron chi connectivity index (χ1n) is 13.0. The zero-order chi connectivity index (χ0) is 31.2. The lowest BCUT2D eigenvalue weighted by Gasteiger charge is -2.40. The summed E-state index contributed by atoms with van der Waals surface area (Å²) in [4.78, 5) is 12.6. The molecule has 0 bridgehead atoms. The molecule has 5 rings (SSSR count). The maximum absolute atomic E-state index is 12.6. The van der Waals surface area contributed by atoms with E-state index in [4.69, 9.17) is 23.4 Å². The number of benzene rings is 2. The number of rotatable bonds is 7. The molecule has 16 nitrogen and oxygen atoms in total. The van der Waals surface area contributed by atoms with Crippen LogP contribution in [0.15, 0.2) is 45.6 Å². The van der Waals surface area contributed by atoms with Gasteiger partial charge >= 0.3 is 0 Å². The van der Waals surface area contributed by atoms with Gasteiger partial charge in [-0.25, -0.2) is 0 Å². The average Bonchev–Trinajstić information content (AvgIpc) is 2.98. The second-order valence-corrected chi connectivity index (χ2v) is 10.1. The van der Waals surface area contributed by atoms with Gasteiger partial charge in [-0.05, 0) is 24.3 Å². The summed E-state index contributed by atoms with van der Waals surface area (Å²) in [5.41, 5.74) is -0.523. The van der Waals surface area contributed by atoms with Crippen LogP contribution in [0, 0.1) is 0 Å². The Bertz CT molecular complexity index is 1460. The lowest BCUT2D eigenvalue weighted by Crippen LogP contribution is -2.60. The highest BCUT2D eigenvalue weighted by atomic mass is 16.7. The summed E-state index contributed by atoms with van der Waals surface area (Å²) in [5, 5.41) is 101. The number of hydrogen-bond donors (Lipinski definition) is 10. The van der Waals surface area contributed by atoms with Crippen molar-refractivity contribution in [1.82, 2.24) is 0 Å². The van der Waals surface area contributed by atoms with Crippen LogP contribution in [0.5, 0.6) is 23.0 Å². The van der Waals surface area contributed by atoms with Crippen molar-refractivity contribution < 1.29 is 74.4 Å². The van der Waals surface area contributed by atoms with Gasteiger partial charge in [-0.2, -0.15) is 0 Å². The molecule has 234 valence electrons. The predicted molar refractivity (Wildman–Crippen MR) is 139 cm³/mol. The van der Waals surface area contributed by atoms with Gasteiger partial charge in [-0.1, -0.05) is 0 Å². The number of aliphatic hydroxyl groups is 8. The van der Waals surface area contributed by atoms with Gasteiger partial charge in [0.15, 0.2) is 53.2 Å². The SMILES string of the molecule is O=c1cc2oc(-c3ccc(O)c(O)c3)c(O[C@H]3[C@H](O)[C@@H](O)[C@H](O)O[C@@H]3CO)cc-2c(O[C@H]2[C@H](O)[C@@H](O)[C@H](O)O[C@@H]2CO)c1. The number of aromatic hydroxyl groups is 2. The molecule has 3 aliphatic heterocycles. The van der Waals surface area contributed by atoms with Crippen LogP contribution < -0.4 is 14.9 Å². The molecule has 0 spiro atoms. The van der Waals surface area contributed by atoms with Crippen molar-refractivity contribution in [2.75, 3.05) is 13.2 Å². The summed E-state index contributed by atoms with van der Waals surface area (Å²) in [5.74, 6) is -1.78. The summed E-state index contributed by atoms with van der Waals surface area (Å²) < 4.78 is 28.0. The lowest BCUT2D eigenvalue weighted by molar-refractivity contribution is -0.282. The lowest BCUT2D eigenvalue weighted by atomic mass is 9.98. The first-order chi connectivity index (χ1) is 20.4. The maximum atomic E-state index is 12.6. The van der Waals surface area contributed by atoms with Crippen molar-refractivity contribution >= 4 is 0 Å². The van der Waals surface area contributed by atoms with Crippen molar-refractivity contribution in [2.24, 2.45) is 0 Å². The van der Waals surface area contributed by atoms with Gasteiger partial charge in [0.1, 0.15) is 48.1 Å². The normalized spacial score (nSPS) is 32.9. The Morgan fingerprint density at radius 2 is 1.23 bits per heavy atom. The van der Waals surface area contributed by atoms with Gasteiger partial charge in [-0.15, -0.1) is 0 Å². The zero-order valence-corrected chi connectivity index (χ0v) is 22.1. The van der Waals surface area contributed by atoms with Gasteiger partial charge in [0.25, 0.3) is 0 Å². The Kier molecular flexibility index (Phi) is 8.77. The Balaban J connectivity index is 1.64. The van der Waals surface area contributed by atoms with E-state index in [2.05, 4.69) is 0 Å². The fourth-order valence-corrected chi connectivity index (χ4v) is 4.93. The summed E-state index contributed by atoms with van der Waals surface area (Å²) in [6.45, 7) is -1.50. The summed E-state index contributed by atoms with van der Waals surface area (Å²) >= 11 is 0. The largest absolute Gasteiger partial charge is 0.504 e. The minimum atomic E-state index is -1.84. The van der Waals surface area contributed by atoms with Crippen LogP contribution in [0.4, 0.5) is 0 Å². The van der Waals surface area contributed by atoms with Crippen LogP contribution in [0.3, 0.4) is 0 Å². The molecule has 43 heavy (non-hydrogen) atoms. The molecule has 1 aliphatic carbocycles. The van der Waals surface area contributed by atoms with Crippen molar-refractivity contribution in [3.8, 4) is 45.6 Å². The maximum Gasteiger partial charge on any atom is 0.186 e. The second-order valence-electron chi connectivity index (χ2n) is 10.1. The number of aliphatic hydroxyl groups excluding tert-OH is 8. The topological polar surface area (TPSA) is 269 Å². The highest BCUT2D eigenvalue weighted by Crippen LogP contribution is 2.44. The highest BCUT2D eigenvalue weighted by Gasteiger charge is 2.47. The first kappa shape index (κ1) is 30.9. The van der Waals surface area contributed by atoms with E-state index in [9.17, 15) is 55.9 Å². The molecule has 10 atom stereocenters. The third-order valence-electron chi connectivity index (χ3n) is 7.23. The number of hydrogen-bond acceptors (Lipinski definition) is 16. The fourth-order valence-electron chi connectivity index (χ4n) is 4.93. The smallest absolute Gasteiger partial charge is 0.186 e. The fraction of sp³-hybridized carbons (Fsp3) is 0.444. The van der Waals surface area contributed by atoms with Crippen LogP contribution in [0.2, 0.25) is 0 Å². The highest BCUT2D eigenvalue weighted by molar-refractivity contribution is 5.76. The van der Waals surface area contributed by atoms with Gasteiger partial charge in [-0.3, -0.25) is 4.79 Å². The van der Waals surface area contributed by atoms with E-state index in [0.29, 0.717) is 0 Å². The molecule has 0 amide bonds. The summed E-state index contributed by atoms with van der Waals surface area (Å²) in [6.07, 6.45) is -16.6. The number of phenols is 2. The van der Waals surface area contributed by atoms with E-state index in [-0.39, 0.29) is 34.1 Å². The Hall–Kier alpha value is -3.55. The van der Waals surface area contributed by atoms with Gasteiger partial charge < -0.3 is 74.4 Å². The van der Waals surface area contributed by atoms with Gasteiger partial charge in [0.2, 0.25) is 0 Å². The molecular formula is C27H30O16. The first-order valence-corrected chi connectivity index (χ1v) is 13.0. The summed E-state index contributed by atoms with van der Waals surface area (Å²) in [7, 11) is 0. The molecule has 0 aromatic heterocycles. The second kappa shape index (κ2) is 12.2. The van der Waals surface area contributed by atoms with E-state index in [1.165, 1.54) is 12.1 Å². The quantitative estimate of drug-likeness (QED) is 0.121. The van der Waals surface area contributed by atoms with Crippen LogP contribution in [-0.2, 0) is 9.47 Å². The number of fused-ring (bicyclic) bond motifs is 1. The third kappa shape index (κ3) is 5.85. The van der Waals surface area contributed by atoms with E-state index < -0.39 is 91.6 Å². The van der Waals surface area contributed by atoms with Gasteiger partial charge in [0.05, 0.1) is 18.8 Å². The monoisotopic (exact) mass is 610 g/mol. The standard InChI is InChI=1S/C27H30O16/c28-7-17-24(19(33)21(35)26(37)42-17)40-15-5-10(30)4-14-11(15)6-16(23(39-14)9-1-2-12(31)13(32)3-9)41-25-18(8-29)43-27(38)22(36)20(25)34/h1-6,17-22,24-29,31-38H,7-8H2/t17-,18-,19-,20-,21-,22-,24-,25-,26-,27-/m1/s1. The Morgan fingerprint density at radius 3 is 1.77 bits per heavy atom. The van der Waals surface area contributed by atoms with E-state index in [1.54, 1.807) is 0 Å². The molecule has 10 N–H and O–H groups in total. The molecule has 2 saturated heterocycles. The van der Waals surface area contributed by atoms with E-state index >= 15 is 0 Å². The Labute approximate surface area is 241 Å². The van der Waals surface area contributed by atoms with Crippen LogP contribution >= 0.6 is 0 Å². The van der Waals surface area contributed by atoms with Crippen molar-refractivity contribution in [2.45, 2.75) is 61.4 Å². The predicted octanol–water partition coefficient (Wildman–Crippen LogP) is -2.82. The molecule has 1 aromatic rings. The minimum absolute atomic E-state index is 0.0122. The summed E-state index contributed by atoms with van der Waals surface area (Å²) in [6, 6.07) is 6.91. The minimum Gasteiger partial charge on any atom is -0.504 e. The average molecular weight is 611 g/mol. The molecular weight excluding hydrogens is 580 g/mol.